The summed E-state index contributed by atoms with van der Waals surface area (Å²) >= 11 is 7.74. The van der Waals surface area contributed by atoms with E-state index in [-0.39, 0.29) is 0 Å². The highest BCUT2D eigenvalue weighted by Gasteiger charge is 2.30. The van der Waals surface area contributed by atoms with Crippen LogP contribution in [0.15, 0.2) is 4.47 Å². The van der Waals surface area contributed by atoms with Crippen LogP contribution in [0, 0.1) is 11.8 Å². The van der Waals surface area contributed by atoms with Crippen LogP contribution in [0.4, 0.5) is 0 Å². The van der Waals surface area contributed by atoms with Crippen molar-refractivity contribution in [3.63, 3.8) is 0 Å². The molecule has 2 rings (SSSR count). The summed E-state index contributed by atoms with van der Waals surface area (Å²) in [5, 5.41) is 4.75. The lowest BCUT2D eigenvalue weighted by Crippen LogP contribution is -2.27. The molecule has 21 heavy (non-hydrogen) atoms. The number of alkyl halides is 1. The molecule has 120 valence electrons. The van der Waals surface area contributed by atoms with E-state index in [4.69, 9.17) is 5.10 Å². The molecule has 0 aliphatic heterocycles. The molecule has 3 atom stereocenters. The van der Waals surface area contributed by atoms with Crippen LogP contribution in [-0.4, -0.2) is 14.6 Å². The molecule has 0 amide bonds. The Kier molecular flexibility index (Phi) is 6.79. The van der Waals surface area contributed by atoms with Crippen molar-refractivity contribution in [3.8, 4) is 0 Å². The van der Waals surface area contributed by atoms with E-state index in [1.807, 2.05) is 0 Å². The summed E-state index contributed by atoms with van der Waals surface area (Å²) in [5.74, 6) is 1.68. The average molecular weight is 420 g/mol. The highest BCUT2D eigenvalue weighted by molar-refractivity contribution is 9.10. The summed E-state index contributed by atoms with van der Waals surface area (Å²) in [4.78, 5) is 0.669. The van der Waals surface area contributed by atoms with E-state index in [1.165, 1.54) is 48.0 Å². The van der Waals surface area contributed by atoms with Crippen LogP contribution in [0.5, 0.6) is 0 Å². The molecule has 1 aromatic heterocycles. The van der Waals surface area contributed by atoms with Crippen molar-refractivity contribution >= 4 is 31.9 Å². The van der Waals surface area contributed by atoms with Gasteiger partial charge in [-0.05, 0) is 66.8 Å². The van der Waals surface area contributed by atoms with E-state index in [9.17, 15) is 0 Å². The SMILES string of the molecule is CCCC1CCC(Br)C(Cc2c(Br)c(CC)nn2CC)C1. The summed E-state index contributed by atoms with van der Waals surface area (Å²) in [5.41, 5.74) is 2.61. The number of nitrogens with zero attached hydrogens (tertiary/aromatic N) is 2. The normalized spacial score (nSPS) is 26.2. The van der Waals surface area contributed by atoms with Crippen LogP contribution in [0.3, 0.4) is 0 Å². The third kappa shape index (κ3) is 4.13. The van der Waals surface area contributed by atoms with Gasteiger partial charge in [0, 0.05) is 11.4 Å². The average Bonchev–Trinajstić information content (AvgIpc) is 2.79. The molecule has 0 N–H and O–H groups in total. The largest absolute Gasteiger partial charge is 0.268 e. The Labute approximate surface area is 146 Å². The molecule has 1 saturated carbocycles. The van der Waals surface area contributed by atoms with Crippen molar-refractivity contribution in [2.24, 2.45) is 11.8 Å². The monoisotopic (exact) mass is 418 g/mol. The number of aromatic nitrogens is 2. The third-order valence-electron chi connectivity index (χ3n) is 4.84. The number of hydrogen-bond acceptors (Lipinski definition) is 1. The standard InChI is InChI=1S/C17H28Br2N2/c1-4-7-12-8-9-14(18)13(10-12)11-16-17(19)15(5-2)20-21(16)6-3/h12-14H,4-11H2,1-3H3. The number of halogens is 2. The van der Waals surface area contributed by atoms with Crippen molar-refractivity contribution < 1.29 is 0 Å². The summed E-state index contributed by atoms with van der Waals surface area (Å²) in [6, 6.07) is 0. The molecule has 3 unspecified atom stereocenters. The summed E-state index contributed by atoms with van der Waals surface area (Å²) < 4.78 is 3.45. The zero-order valence-corrected chi connectivity index (χ0v) is 16.7. The molecule has 0 bridgehead atoms. The van der Waals surface area contributed by atoms with Gasteiger partial charge in [0.05, 0.1) is 15.9 Å². The number of rotatable bonds is 6. The maximum atomic E-state index is 4.75. The fourth-order valence-corrected chi connectivity index (χ4v) is 5.06. The van der Waals surface area contributed by atoms with Gasteiger partial charge in [0.15, 0.2) is 0 Å². The highest BCUT2D eigenvalue weighted by Crippen LogP contribution is 2.39. The molecule has 4 heteroatoms. The van der Waals surface area contributed by atoms with Crippen LogP contribution in [0.25, 0.3) is 0 Å². The topological polar surface area (TPSA) is 17.8 Å². The summed E-state index contributed by atoms with van der Waals surface area (Å²) in [6.45, 7) is 7.65. The van der Waals surface area contributed by atoms with Crippen LogP contribution < -0.4 is 0 Å². The Morgan fingerprint density at radius 1 is 1.24 bits per heavy atom. The van der Waals surface area contributed by atoms with Crippen LogP contribution >= 0.6 is 31.9 Å². The third-order valence-corrected chi connectivity index (χ3v) is 6.97. The van der Waals surface area contributed by atoms with Gasteiger partial charge in [-0.15, -0.1) is 0 Å². The minimum absolute atomic E-state index is 0.669. The molecular weight excluding hydrogens is 392 g/mol. The van der Waals surface area contributed by atoms with Gasteiger partial charge >= 0.3 is 0 Å². The smallest absolute Gasteiger partial charge is 0.0766 e. The van der Waals surface area contributed by atoms with Gasteiger partial charge in [-0.25, -0.2) is 0 Å². The molecule has 1 aliphatic rings. The Hall–Kier alpha value is 0.170. The zero-order valence-electron chi connectivity index (χ0n) is 13.5. The predicted molar refractivity (Wildman–Crippen MR) is 97.1 cm³/mol. The first-order valence-electron chi connectivity index (χ1n) is 8.48. The quantitative estimate of drug-likeness (QED) is 0.536. The van der Waals surface area contributed by atoms with Crippen LogP contribution in [-0.2, 0) is 19.4 Å². The van der Waals surface area contributed by atoms with Gasteiger partial charge in [-0.2, -0.15) is 5.10 Å². The molecule has 1 heterocycles. The zero-order chi connectivity index (χ0) is 15.4. The summed E-state index contributed by atoms with van der Waals surface area (Å²) in [7, 11) is 0. The van der Waals surface area contributed by atoms with E-state index in [0.29, 0.717) is 4.83 Å². The van der Waals surface area contributed by atoms with E-state index >= 15 is 0 Å². The van der Waals surface area contributed by atoms with E-state index in [1.54, 1.807) is 0 Å². The minimum Gasteiger partial charge on any atom is -0.268 e. The van der Waals surface area contributed by atoms with Gasteiger partial charge in [0.2, 0.25) is 0 Å². The molecule has 0 radical (unpaired) electrons. The van der Waals surface area contributed by atoms with Crippen molar-refractivity contribution in [2.45, 2.75) is 77.1 Å². The van der Waals surface area contributed by atoms with Crippen LogP contribution in [0.1, 0.15) is 64.3 Å². The predicted octanol–water partition coefficient (Wildman–Crippen LogP) is 5.75. The molecule has 1 aromatic rings. The van der Waals surface area contributed by atoms with Crippen molar-refractivity contribution in [3.05, 3.63) is 15.9 Å². The minimum atomic E-state index is 0.669. The van der Waals surface area contributed by atoms with Gasteiger partial charge < -0.3 is 0 Å². The molecular formula is C17H28Br2N2. The van der Waals surface area contributed by atoms with Gasteiger partial charge in [0.25, 0.3) is 0 Å². The molecule has 0 aromatic carbocycles. The lowest BCUT2D eigenvalue weighted by atomic mass is 9.77. The number of hydrogen-bond donors (Lipinski definition) is 0. The Morgan fingerprint density at radius 3 is 2.62 bits per heavy atom. The van der Waals surface area contributed by atoms with E-state index < -0.39 is 0 Å². The fourth-order valence-electron chi connectivity index (χ4n) is 3.67. The Morgan fingerprint density at radius 2 is 2.00 bits per heavy atom. The molecule has 2 nitrogen and oxygen atoms in total. The van der Waals surface area contributed by atoms with Gasteiger partial charge in [0.1, 0.15) is 0 Å². The molecule has 1 fully saturated rings. The maximum Gasteiger partial charge on any atom is 0.0766 e. The van der Waals surface area contributed by atoms with Gasteiger partial charge in [-0.3, -0.25) is 4.68 Å². The van der Waals surface area contributed by atoms with Gasteiger partial charge in [-0.1, -0.05) is 42.6 Å². The van der Waals surface area contributed by atoms with Crippen molar-refractivity contribution in [2.75, 3.05) is 0 Å². The Balaban J connectivity index is 2.14. The first kappa shape index (κ1) is 17.5. The molecule has 0 spiro atoms. The van der Waals surface area contributed by atoms with Crippen LogP contribution in [0.2, 0.25) is 0 Å². The maximum absolute atomic E-state index is 4.75. The lowest BCUT2D eigenvalue weighted by Gasteiger charge is -2.33. The second-order valence-corrected chi connectivity index (χ2v) is 8.29. The second-order valence-electron chi connectivity index (χ2n) is 6.32. The Bertz CT molecular complexity index is 456. The molecule has 0 saturated heterocycles. The van der Waals surface area contributed by atoms with E-state index in [2.05, 4.69) is 57.3 Å². The second kappa shape index (κ2) is 8.14. The first-order valence-corrected chi connectivity index (χ1v) is 10.2. The lowest BCUT2D eigenvalue weighted by molar-refractivity contribution is 0.260. The van der Waals surface area contributed by atoms with Crippen molar-refractivity contribution in [1.82, 2.24) is 9.78 Å². The molecule has 1 aliphatic carbocycles. The first-order chi connectivity index (χ1) is 10.1. The van der Waals surface area contributed by atoms with E-state index in [0.717, 1.165) is 31.2 Å². The fraction of sp³-hybridized carbons (Fsp3) is 0.824. The van der Waals surface area contributed by atoms with Crippen molar-refractivity contribution in [1.29, 1.82) is 0 Å². The number of aryl methyl sites for hydroxylation is 2. The highest BCUT2D eigenvalue weighted by atomic mass is 79.9. The summed E-state index contributed by atoms with van der Waals surface area (Å²) in [6.07, 6.45) is 8.96.